The second-order valence-electron chi connectivity index (χ2n) is 2.46. The van der Waals surface area contributed by atoms with Crippen molar-refractivity contribution in [2.24, 2.45) is 7.05 Å². The van der Waals surface area contributed by atoms with Gasteiger partial charge in [-0.3, -0.25) is 4.68 Å². The third-order valence-corrected chi connectivity index (χ3v) is 1.71. The lowest BCUT2D eigenvalue weighted by Crippen LogP contribution is -2.14. The van der Waals surface area contributed by atoms with E-state index in [2.05, 4.69) is 9.84 Å². The molecule has 1 aromatic rings. The molecule has 0 fully saturated rings. The van der Waals surface area contributed by atoms with Gasteiger partial charge in [-0.2, -0.15) is 10.6 Å². The molecule has 0 amide bonds. The van der Waals surface area contributed by atoms with E-state index in [4.69, 9.17) is 5.21 Å². The smallest absolute Gasteiger partial charge is 0.341 e. The molecule has 13 heavy (non-hydrogen) atoms. The highest BCUT2D eigenvalue weighted by Crippen LogP contribution is 2.08. The lowest BCUT2D eigenvalue weighted by molar-refractivity contribution is 0.0598. The maximum Gasteiger partial charge on any atom is 0.341 e. The second-order valence-corrected chi connectivity index (χ2v) is 2.46. The fraction of sp³-hybridized carbons (Fsp3) is 0.429. The van der Waals surface area contributed by atoms with Gasteiger partial charge in [-0.1, -0.05) is 0 Å². The molecule has 0 aliphatic heterocycles. The predicted octanol–water partition coefficient (Wildman–Crippen LogP) is -0.314. The van der Waals surface area contributed by atoms with Crippen molar-refractivity contribution in [3.8, 4) is 0 Å². The third kappa shape index (κ3) is 1.85. The Morgan fingerprint density at radius 2 is 2.54 bits per heavy atom. The Bertz CT molecular complexity index is 308. The number of hydroxylamine groups is 1. The zero-order chi connectivity index (χ0) is 9.84. The molecule has 1 aromatic heterocycles. The number of nitrogens with zero attached hydrogens (tertiary/aromatic N) is 2. The fourth-order valence-corrected chi connectivity index (χ4v) is 1.03. The topological polar surface area (TPSA) is 76.4 Å². The first-order valence-electron chi connectivity index (χ1n) is 3.66. The van der Waals surface area contributed by atoms with E-state index in [-0.39, 0.29) is 6.54 Å². The third-order valence-electron chi connectivity index (χ3n) is 1.71. The monoisotopic (exact) mass is 185 g/mol. The summed E-state index contributed by atoms with van der Waals surface area (Å²) in [4.78, 5) is 11.1. The molecule has 2 N–H and O–H groups in total. The molecule has 0 atom stereocenters. The van der Waals surface area contributed by atoms with Crippen LogP contribution in [0.5, 0.6) is 0 Å². The molecule has 72 valence electrons. The number of esters is 1. The Morgan fingerprint density at radius 3 is 3.08 bits per heavy atom. The van der Waals surface area contributed by atoms with Crippen molar-refractivity contribution in [2.45, 2.75) is 6.54 Å². The lowest BCUT2D eigenvalue weighted by atomic mass is 10.2. The molecule has 0 saturated carbocycles. The highest BCUT2D eigenvalue weighted by Gasteiger charge is 2.15. The first-order valence-corrected chi connectivity index (χ1v) is 3.66. The number of methoxy groups -OCH3 is 1. The van der Waals surface area contributed by atoms with Crippen molar-refractivity contribution < 1.29 is 14.7 Å². The standard InChI is InChI=1S/C7H11N3O3/c1-10-6(4-9-12)5(3-8-10)7(11)13-2/h3,9,12H,4H2,1-2H3. The SMILES string of the molecule is COC(=O)c1cnn(C)c1CNO. The van der Waals surface area contributed by atoms with E-state index >= 15 is 0 Å². The second kappa shape index (κ2) is 4.01. The van der Waals surface area contributed by atoms with Gasteiger partial charge in [0.25, 0.3) is 0 Å². The molecular formula is C7H11N3O3. The predicted molar refractivity (Wildman–Crippen MR) is 43.2 cm³/mol. The quantitative estimate of drug-likeness (QED) is 0.498. The van der Waals surface area contributed by atoms with Crippen LogP contribution >= 0.6 is 0 Å². The molecule has 0 saturated heterocycles. The summed E-state index contributed by atoms with van der Waals surface area (Å²) < 4.78 is 6.03. The first kappa shape index (κ1) is 9.69. The normalized spacial score (nSPS) is 10.1. The largest absolute Gasteiger partial charge is 0.465 e. The molecule has 0 aliphatic rings. The van der Waals surface area contributed by atoms with E-state index < -0.39 is 5.97 Å². The van der Waals surface area contributed by atoms with Crippen molar-refractivity contribution in [1.29, 1.82) is 0 Å². The number of carbonyl (C=O) groups is 1. The summed E-state index contributed by atoms with van der Waals surface area (Å²) in [6.45, 7) is 0.154. The molecule has 6 heteroatoms. The summed E-state index contributed by atoms with van der Waals surface area (Å²) in [6.07, 6.45) is 1.40. The van der Waals surface area contributed by atoms with Crippen molar-refractivity contribution in [3.63, 3.8) is 0 Å². The molecule has 0 radical (unpaired) electrons. The van der Waals surface area contributed by atoms with E-state index in [1.54, 1.807) is 7.05 Å². The van der Waals surface area contributed by atoms with Crippen LogP contribution in [0.2, 0.25) is 0 Å². The molecule has 1 heterocycles. The molecule has 6 nitrogen and oxygen atoms in total. The van der Waals surface area contributed by atoms with Gasteiger partial charge in [0.05, 0.1) is 25.5 Å². The summed E-state index contributed by atoms with van der Waals surface area (Å²) in [7, 11) is 2.98. The van der Waals surface area contributed by atoms with Gasteiger partial charge < -0.3 is 9.94 Å². The van der Waals surface area contributed by atoms with Gasteiger partial charge in [0, 0.05) is 7.05 Å². The van der Waals surface area contributed by atoms with E-state index in [1.807, 2.05) is 5.48 Å². The lowest BCUT2D eigenvalue weighted by Gasteiger charge is -2.02. The van der Waals surface area contributed by atoms with Gasteiger partial charge in [-0.15, -0.1) is 0 Å². The Labute approximate surface area is 75.1 Å². The number of aryl methyl sites for hydroxylation is 1. The zero-order valence-electron chi connectivity index (χ0n) is 7.44. The van der Waals surface area contributed by atoms with Crippen molar-refractivity contribution in [1.82, 2.24) is 15.3 Å². The zero-order valence-corrected chi connectivity index (χ0v) is 7.44. The number of aromatic nitrogens is 2. The highest BCUT2D eigenvalue weighted by atomic mass is 16.5. The van der Waals surface area contributed by atoms with Crippen LogP contribution in [0.25, 0.3) is 0 Å². The molecule has 0 spiro atoms. The maximum atomic E-state index is 11.1. The number of hydrogen-bond donors (Lipinski definition) is 2. The minimum atomic E-state index is -0.460. The number of hydrogen-bond acceptors (Lipinski definition) is 5. The minimum Gasteiger partial charge on any atom is -0.465 e. The highest BCUT2D eigenvalue weighted by molar-refractivity contribution is 5.90. The molecule has 0 aromatic carbocycles. The van der Waals surface area contributed by atoms with Crippen LogP contribution in [0.1, 0.15) is 16.1 Å². The minimum absolute atomic E-state index is 0.154. The Hall–Kier alpha value is -1.40. The summed E-state index contributed by atoms with van der Waals surface area (Å²) >= 11 is 0. The molecule has 0 aliphatic carbocycles. The van der Waals surface area contributed by atoms with Crippen LogP contribution in [0, 0.1) is 0 Å². The van der Waals surface area contributed by atoms with Crippen LogP contribution in [0.3, 0.4) is 0 Å². The van der Waals surface area contributed by atoms with Gasteiger partial charge in [0.1, 0.15) is 5.56 Å². The maximum absolute atomic E-state index is 11.1. The summed E-state index contributed by atoms with van der Waals surface area (Å²) in [5, 5.41) is 12.4. The Balaban J connectivity index is 2.99. The Morgan fingerprint density at radius 1 is 1.85 bits per heavy atom. The fourth-order valence-electron chi connectivity index (χ4n) is 1.03. The summed E-state index contributed by atoms with van der Waals surface area (Å²) in [5.74, 6) is -0.460. The van der Waals surface area contributed by atoms with Crippen molar-refractivity contribution in [3.05, 3.63) is 17.5 Å². The number of ether oxygens (including phenoxy) is 1. The van der Waals surface area contributed by atoms with E-state index in [9.17, 15) is 4.79 Å². The van der Waals surface area contributed by atoms with Gasteiger partial charge in [0.2, 0.25) is 0 Å². The van der Waals surface area contributed by atoms with Gasteiger partial charge in [-0.25, -0.2) is 4.79 Å². The summed E-state index contributed by atoms with van der Waals surface area (Å²) in [5.41, 5.74) is 2.89. The van der Waals surface area contributed by atoms with Crippen LogP contribution in [-0.4, -0.2) is 28.1 Å². The van der Waals surface area contributed by atoms with Gasteiger partial charge in [-0.05, 0) is 0 Å². The molecule has 0 bridgehead atoms. The van der Waals surface area contributed by atoms with Crippen LogP contribution in [-0.2, 0) is 18.3 Å². The van der Waals surface area contributed by atoms with Crippen LogP contribution in [0.4, 0.5) is 0 Å². The van der Waals surface area contributed by atoms with Crippen molar-refractivity contribution >= 4 is 5.97 Å². The van der Waals surface area contributed by atoms with Crippen LogP contribution in [0.15, 0.2) is 6.20 Å². The number of carbonyl (C=O) groups excluding carboxylic acids is 1. The average Bonchev–Trinajstić information content (AvgIpc) is 2.48. The van der Waals surface area contributed by atoms with E-state index in [0.717, 1.165) is 0 Å². The van der Waals surface area contributed by atoms with Crippen molar-refractivity contribution in [2.75, 3.05) is 7.11 Å². The van der Waals surface area contributed by atoms with Gasteiger partial charge in [0.15, 0.2) is 0 Å². The first-order chi connectivity index (χ1) is 6.20. The number of nitrogens with one attached hydrogen (secondary N) is 1. The van der Waals surface area contributed by atoms with E-state index in [0.29, 0.717) is 11.3 Å². The van der Waals surface area contributed by atoms with Gasteiger partial charge >= 0.3 is 5.97 Å². The molecule has 1 rings (SSSR count). The average molecular weight is 185 g/mol. The molecule has 0 unspecified atom stereocenters. The number of rotatable bonds is 3. The van der Waals surface area contributed by atoms with Crippen LogP contribution < -0.4 is 5.48 Å². The summed E-state index contributed by atoms with van der Waals surface area (Å²) in [6, 6.07) is 0. The van der Waals surface area contributed by atoms with E-state index in [1.165, 1.54) is 18.0 Å². The Kier molecular flexibility index (Phi) is 2.99. The molecular weight excluding hydrogens is 174 g/mol.